The Labute approximate surface area is 229 Å². The van der Waals surface area contributed by atoms with E-state index in [-0.39, 0.29) is 5.91 Å². The minimum absolute atomic E-state index is 0.214. The van der Waals surface area contributed by atoms with Crippen molar-refractivity contribution in [2.24, 2.45) is 0 Å². The lowest BCUT2D eigenvalue weighted by Gasteiger charge is -2.36. The number of aliphatic carboxylic acids is 1. The highest BCUT2D eigenvalue weighted by Crippen LogP contribution is 2.30. The first-order valence-electron chi connectivity index (χ1n) is 12.0. The molecule has 3 aromatic rings. The van der Waals surface area contributed by atoms with E-state index in [0.717, 1.165) is 44.8 Å². The van der Waals surface area contributed by atoms with Crippen molar-refractivity contribution in [2.75, 3.05) is 42.9 Å². The largest absolute Gasteiger partial charge is 0.490 e. The van der Waals surface area contributed by atoms with Crippen molar-refractivity contribution in [1.82, 2.24) is 4.90 Å². The smallest absolute Gasteiger partial charge is 0.475 e. The van der Waals surface area contributed by atoms with Gasteiger partial charge in [-0.25, -0.2) is 4.79 Å². The fourth-order valence-electron chi connectivity index (χ4n) is 3.88. The van der Waals surface area contributed by atoms with Gasteiger partial charge in [-0.3, -0.25) is 9.69 Å². The van der Waals surface area contributed by atoms with Gasteiger partial charge < -0.3 is 15.3 Å². The lowest BCUT2D eigenvalue weighted by Crippen LogP contribution is -2.47. The summed E-state index contributed by atoms with van der Waals surface area (Å²) in [6.45, 7) is 4.78. The highest BCUT2D eigenvalue weighted by Gasteiger charge is 2.38. The molecular formula is C28H26ClF3N4O3. The number of carboxylic acids is 1. The summed E-state index contributed by atoms with van der Waals surface area (Å²) >= 11 is 6.50. The maximum Gasteiger partial charge on any atom is 0.490 e. The standard InChI is InChI=1S/C26H25ClN4O.C2HF3O2/c27-24-11-10-23(29-26(32)22-8-6-21(19-28)7-9-22)18-25(24)31-16-14-30(15-17-31)13-12-20-4-2-1-3-5-20;3-2(4,5)1(6)7/h1-11,18H,12-17H2,(H,29,32);(H,6,7). The molecule has 0 aromatic heterocycles. The van der Waals surface area contributed by atoms with Gasteiger partial charge in [-0.15, -0.1) is 0 Å². The number of nitrogens with zero attached hydrogens (tertiary/aromatic N) is 3. The number of nitrogens with one attached hydrogen (secondary N) is 1. The van der Waals surface area contributed by atoms with Crippen LogP contribution in [0.4, 0.5) is 24.5 Å². The summed E-state index contributed by atoms with van der Waals surface area (Å²) in [7, 11) is 0. The van der Waals surface area contributed by atoms with E-state index in [4.69, 9.17) is 26.8 Å². The Bertz CT molecular complexity index is 1300. The first-order chi connectivity index (χ1) is 18.6. The van der Waals surface area contributed by atoms with E-state index in [1.807, 2.05) is 24.3 Å². The van der Waals surface area contributed by atoms with Crippen LogP contribution >= 0.6 is 11.6 Å². The second-order valence-corrected chi connectivity index (χ2v) is 9.08. The number of halogens is 4. The molecule has 204 valence electrons. The van der Waals surface area contributed by atoms with Gasteiger partial charge in [-0.05, 0) is 54.4 Å². The van der Waals surface area contributed by atoms with Crippen LogP contribution in [-0.4, -0.2) is 60.8 Å². The molecule has 0 bridgehead atoms. The molecular weight excluding hydrogens is 533 g/mol. The van der Waals surface area contributed by atoms with Gasteiger partial charge in [-0.2, -0.15) is 18.4 Å². The predicted molar refractivity (Wildman–Crippen MR) is 143 cm³/mol. The Balaban J connectivity index is 0.000000532. The number of piperazine rings is 1. The molecule has 0 saturated carbocycles. The maximum atomic E-state index is 12.6. The molecule has 0 unspecified atom stereocenters. The zero-order valence-electron chi connectivity index (χ0n) is 20.8. The van der Waals surface area contributed by atoms with E-state index >= 15 is 0 Å². The topological polar surface area (TPSA) is 96.7 Å². The van der Waals surface area contributed by atoms with Crippen LogP contribution in [0.1, 0.15) is 21.5 Å². The molecule has 0 spiro atoms. The van der Waals surface area contributed by atoms with E-state index in [2.05, 4.69) is 45.5 Å². The van der Waals surface area contributed by atoms with Crippen LogP contribution in [-0.2, 0) is 11.2 Å². The Morgan fingerprint density at radius 2 is 1.59 bits per heavy atom. The number of carbonyl (C=O) groups excluding carboxylic acids is 1. The molecule has 1 amide bonds. The van der Waals surface area contributed by atoms with E-state index in [1.54, 1.807) is 24.3 Å². The number of hydrogen-bond donors (Lipinski definition) is 2. The number of hydrogen-bond acceptors (Lipinski definition) is 5. The molecule has 1 saturated heterocycles. The minimum Gasteiger partial charge on any atom is -0.475 e. The van der Waals surface area contributed by atoms with Gasteiger partial charge >= 0.3 is 12.1 Å². The van der Waals surface area contributed by atoms with Crippen molar-refractivity contribution in [1.29, 1.82) is 5.26 Å². The number of alkyl halides is 3. The van der Waals surface area contributed by atoms with Gasteiger partial charge in [0.2, 0.25) is 0 Å². The summed E-state index contributed by atoms with van der Waals surface area (Å²) in [5, 5.41) is 19.6. The highest BCUT2D eigenvalue weighted by atomic mass is 35.5. The third-order valence-corrected chi connectivity index (χ3v) is 6.31. The van der Waals surface area contributed by atoms with Gasteiger partial charge in [0.1, 0.15) is 0 Å². The second kappa shape index (κ2) is 13.6. The Morgan fingerprint density at radius 3 is 2.15 bits per heavy atom. The Kier molecular flexibility index (Phi) is 10.3. The molecule has 2 N–H and O–H groups in total. The van der Waals surface area contributed by atoms with E-state index in [9.17, 15) is 18.0 Å². The average molecular weight is 559 g/mol. The zero-order chi connectivity index (χ0) is 28.4. The summed E-state index contributed by atoms with van der Waals surface area (Å²) in [6.07, 6.45) is -4.03. The SMILES string of the molecule is N#Cc1ccc(C(=O)Nc2ccc(Cl)c(N3CCN(CCc4ccccc4)CC3)c2)cc1.O=C(O)C(F)(F)F. The summed E-state index contributed by atoms with van der Waals surface area (Å²) in [6, 6.07) is 24.8. The van der Waals surface area contributed by atoms with Crippen molar-refractivity contribution in [2.45, 2.75) is 12.6 Å². The molecule has 39 heavy (non-hydrogen) atoms. The van der Waals surface area contributed by atoms with Crippen molar-refractivity contribution >= 4 is 34.9 Å². The lowest BCUT2D eigenvalue weighted by molar-refractivity contribution is -0.192. The molecule has 3 aromatic carbocycles. The van der Waals surface area contributed by atoms with Crippen LogP contribution in [0.15, 0.2) is 72.8 Å². The normalized spacial score (nSPS) is 13.6. The number of nitriles is 1. The summed E-state index contributed by atoms with van der Waals surface area (Å²) in [5.74, 6) is -2.97. The van der Waals surface area contributed by atoms with Gasteiger partial charge in [0.25, 0.3) is 5.91 Å². The van der Waals surface area contributed by atoms with E-state index in [1.165, 1.54) is 5.56 Å². The van der Waals surface area contributed by atoms with Crippen LogP contribution < -0.4 is 10.2 Å². The fraction of sp³-hybridized carbons (Fsp3) is 0.250. The first kappa shape index (κ1) is 29.5. The van der Waals surface area contributed by atoms with Crippen molar-refractivity contribution in [3.05, 3.63) is 94.5 Å². The molecule has 4 rings (SSSR count). The van der Waals surface area contributed by atoms with Crippen LogP contribution in [0.25, 0.3) is 0 Å². The molecule has 0 atom stereocenters. The molecule has 1 aliphatic rings. The molecule has 1 fully saturated rings. The number of benzene rings is 3. The summed E-state index contributed by atoms with van der Waals surface area (Å²) in [5.41, 5.74) is 4.03. The molecule has 1 heterocycles. The highest BCUT2D eigenvalue weighted by molar-refractivity contribution is 6.33. The molecule has 0 radical (unpaired) electrons. The lowest BCUT2D eigenvalue weighted by atomic mass is 10.1. The van der Waals surface area contributed by atoms with Crippen molar-refractivity contribution in [3.8, 4) is 6.07 Å². The average Bonchev–Trinajstić information content (AvgIpc) is 2.93. The Hall–Kier alpha value is -4.07. The number of carboxylic acid groups (broad SMARTS) is 1. The van der Waals surface area contributed by atoms with Gasteiger partial charge in [0.15, 0.2) is 0 Å². The zero-order valence-corrected chi connectivity index (χ0v) is 21.5. The summed E-state index contributed by atoms with van der Waals surface area (Å²) in [4.78, 5) is 26.2. The van der Waals surface area contributed by atoms with Crippen LogP contribution in [0.5, 0.6) is 0 Å². The van der Waals surface area contributed by atoms with Crippen LogP contribution in [0.2, 0.25) is 5.02 Å². The van der Waals surface area contributed by atoms with E-state index in [0.29, 0.717) is 21.8 Å². The third-order valence-electron chi connectivity index (χ3n) is 6.00. The second-order valence-electron chi connectivity index (χ2n) is 8.68. The quantitative estimate of drug-likeness (QED) is 0.417. The Morgan fingerprint density at radius 1 is 0.974 bits per heavy atom. The molecule has 11 heteroatoms. The monoisotopic (exact) mass is 558 g/mol. The van der Waals surface area contributed by atoms with Crippen LogP contribution in [0, 0.1) is 11.3 Å². The number of carbonyl (C=O) groups is 2. The molecule has 7 nitrogen and oxygen atoms in total. The molecule has 0 aliphatic carbocycles. The maximum absolute atomic E-state index is 12.6. The number of amides is 1. The van der Waals surface area contributed by atoms with Crippen molar-refractivity contribution in [3.63, 3.8) is 0 Å². The van der Waals surface area contributed by atoms with Gasteiger partial charge in [-0.1, -0.05) is 41.9 Å². The summed E-state index contributed by atoms with van der Waals surface area (Å²) < 4.78 is 31.7. The minimum atomic E-state index is -5.08. The predicted octanol–water partition coefficient (Wildman–Crippen LogP) is 5.46. The van der Waals surface area contributed by atoms with Gasteiger partial charge in [0, 0.05) is 44.0 Å². The third kappa shape index (κ3) is 9.02. The molecule has 1 aliphatic heterocycles. The number of anilines is 2. The van der Waals surface area contributed by atoms with Crippen LogP contribution in [0.3, 0.4) is 0 Å². The number of rotatable bonds is 6. The van der Waals surface area contributed by atoms with Gasteiger partial charge in [0.05, 0.1) is 22.3 Å². The fourth-order valence-corrected chi connectivity index (χ4v) is 4.11. The first-order valence-corrected chi connectivity index (χ1v) is 12.4. The van der Waals surface area contributed by atoms with Crippen molar-refractivity contribution < 1.29 is 27.9 Å². The van der Waals surface area contributed by atoms with E-state index < -0.39 is 12.1 Å².